The Kier molecular flexibility index (Phi) is 3.39. The van der Waals surface area contributed by atoms with Gasteiger partial charge in [-0.05, 0) is 32.6 Å². The van der Waals surface area contributed by atoms with E-state index in [9.17, 15) is 14.7 Å². The SMILES string of the molecule is BCC[C@H]1C(=O)N[C@@]2([C@@H](O)[C@@H]3C=CCCC3)C(=O)O[C@@]12C. The first-order valence-electron chi connectivity index (χ1n) is 7.87. The van der Waals surface area contributed by atoms with Crippen LogP contribution < -0.4 is 5.32 Å². The summed E-state index contributed by atoms with van der Waals surface area (Å²) in [6.07, 6.45) is 7.40. The summed E-state index contributed by atoms with van der Waals surface area (Å²) in [6, 6.07) is 0. The molecule has 2 fully saturated rings. The average molecular weight is 291 g/mol. The number of carbonyl (C=O) groups is 2. The van der Waals surface area contributed by atoms with Gasteiger partial charge in [-0.15, -0.1) is 0 Å². The summed E-state index contributed by atoms with van der Waals surface area (Å²) in [5.74, 6) is -1.15. The van der Waals surface area contributed by atoms with E-state index in [1.54, 1.807) is 6.92 Å². The molecule has 2 N–H and O–H groups in total. The number of carbonyl (C=O) groups excluding carboxylic acids is 2. The fourth-order valence-electron chi connectivity index (χ4n) is 4.17. The molecule has 3 aliphatic rings. The molecule has 0 aromatic rings. The van der Waals surface area contributed by atoms with Crippen molar-refractivity contribution in [3.05, 3.63) is 12.2 Å². The van der Waals surface area contributed by atoms with Crippen molar-refractivity contribution in [3.63, 3.8) is 0 Å². The highest BCUT2D eigenvalue weighted by Crippen LogP contribution is 2.53. The van der Waals surface area contributed by atoms with E-state index >= 15 is 0 Å². The van der Waals surface area contributed by atoms with Crippen molar-refractivity contribution in [2.75, 3.05) is 0 Å². The summed E-state index contributed by atoms with van der Waals surface area (Å²) in [5.41, 5.74) is -2.20. The zero-order valence-electron chi connectivity index (χ0n) is 12.6. The molecule has 0 saturated carbocycles. The third kappa shape index (κ3) is 1.74. The van der Waals surface area contributed by atoms with Gasteiger partial charge in [0.25, 0.3) is 0 Å². The van der Waals surface area contributed by atoms with Crippen molar-refractivity contribution in [1.82, 2.24) is 5.32 Å². The van der Waals surface area contributed by atoms with Crippen LogP contribution in [0.5, 0.6) is 0 Å². The van der Waals surface area contributed by atoms with Crippen LogP contribution in [0, 0.1) is 11.8 Å². The molecular formula is C15H22BNO4. The number of aliphatic hydroxyl groups excluding tert-OH is 1. The Balaban J connectivity index is 1.94. The molecule has 5 atom stereocenters. The summed E-state index contributed by atoms with van der Waals surface area (Å²) in [7, 11) is 2.00. The van der Waals surface area contributed by atoms with Crippen LogP contribution in [-0.4, -0.2) is 42.1 Å². The highest BCUT2D eigenvalue weighted by Gasteiger charge is 2.79. The van der Waals surface area contributed by atoms with Crippen LogP contribution >= 0.6 is 0 Å². The van der Waals surface area contributed by atoms with Gasteiger partial charge in [0.1, 0.15) is 7.85 Å². The van der Waals surface area contributed by atoms with Crippen molar-refractivity contribution in [1.29, 1.82) is 0 Å². The smallest absolute Gasteiger partial charge is 0.339 e. The Morgan fingerprint density at radius 2 is 2.33 bits per heavy atom. The van der Waals surface area contributed by atoms with E-state index in [2.05, 4.69) is 5.32 Å². The molecule has 5 nitrogen and oxygen atoms in total. The minimum atomic E-state index is -1.27. The summed E-state index contributed by atoms with van der Waals surface area (Å²) in [5, 5.41) is 13.6. The summed E-state index contributed by atoms with van der Waals surface area (Å²) < 4.78 is 5.40. The standard InChI is InChI=1S/C15H22BNO4/c1-14-10(7-8-16)12(19)17-15(14,13(20)21-14)11(18)9-5-3-2-4-6-9/h3,5,9-11,18H,2,4,6-8,16H2,1H3,(H,17,19)/t9-,10+,11+,14+,15+/m1/s1. The van der Waals surface area contributed by atoms with Crippen LogP contribution in [0.1, 0.15) is 32.6 Å². The van der Waals surface area contributed by atoms with Crippen LogP contribution in [0.2, 0.25) is 6.32 Å². The van der Waals surface area contributed by atoms with Crippen molar-refractivity contribution >= 4 is 19.7 Å². The van der Waals surface area contributed by atoms with Gasteiger partial charge < -0.3 is 15.2 Å². The van der Waals surface area contributed by atoms with Crippen molar-refractivity contribution < 1.29 is 19.4 Å². The third-order valence-electron chi connectivity index (χ3n) is 5.43. The number of fused-ring (bicyclic) bond motifs is 1. The normalized spacial score (nSPS) is 42.8. The number of ether oxygens (including phenoxy) is 1. The molecule has 2 heterocycles. The Morgan fingerprint density at radius 3 is 2.90 bits per heavy atom. The van der Waals surface area contributed by atoms with Gasteiger partial charge in [0.2, 0.25) is 11.4 Å². The van der Waals surface area contributed by atoms with Gasteiger partial charge in [-0.1, -0.05) is 18.5 Å². The van der Waals surface area contributed by atoms with E-state index in [1.807, 2.05) is 20.0 Å². The molecule has 0 aromatic carbocycles. The topological polar surface area (TPSA) is 75.6 Å². The predicted molar refractivity (Wildman–Crippen MR) is 79.3 cm³/mol. The average Bonchev–Trinajstić information content (AvgIpc) is 2.65. The van der Waals surface area contributed by atoms with Crippen LogP contribution in [0.15, 0.2) is 12.2 Å². The highest BCUT2D eigenvalue weighted by molar-refractivity contribution is 6.09. The molecule has 2 saturated heterocycles. The Bertz CT molecular complexity index is 508. The second kappa shape index (κ2) is 4.87. The van der Waals surface area contributed by atoms with Gasteiger partial charge in [-0.25, -0.2) is 4.79 Å². The first kappa shape index (κ1) is 14.6. The van der Waals surface area contributed by atoms with E-state index < -0.39 is 23.2 Å². The predicted octanol–water partition coefficient (Wildman–Crippen LogP) is -0.0546. The van der Waals surface area contributed by atoms with Crippen molar-refractivity contribution in [2.45, 2.75) is 56.2 Å². The zero-order chi connectivity index (χ0) is 15.3. The number of amides is 1. The van der Waals surface area contributed by atoms with Crippen LogP contribution in [0.25, 0.3) is 0 Å². The molecule has 0 spiro atoms. The maximum atomic E-state index is 12.3. The van der Waals surface area contributed by atoms with E-state index in [-0.39, 0.29) is 17.7 Å². The Hall–Kier alpha value is -1.30. The monoisotopic (exact) mass is 291 g/mol. The maximum Gasteiger partial charge on any atom is 0.339 e. The second-order valence-corrected chi connectivity index (χ2v) is 6.60. The summed E-state index contributed by atoms with van der Waals surface area (Å²) >= 11 is 0. The lowest BCUT2D eigenvalue weighted by Gasteiger charge is -2.54. The second-order valence-electron chi connectivity index (χ2n) is 6.60. The summed E-state index contributed by atoms with van der Waals surface area (Å²) in [4.78, 5) is 24.5. The van der Waals surface area contributed by atoms with Gasteiger partial charge in [0, 0.05) is 5.92 Å². The number of hydrogen-bond donors (Lipinski definition) is 2. The molecule has 0 unspecified atom stereocenters. The number of nitrogens with one attached hydrogen (secondary N) is 1. The lowest BCUT2D eigenvalue weighted by Crippen LogP contribution is -2.80. The number of allylic oxidation sites excluding steroid dienone is 1. The molecule has 0 aromatic heterocycles. The van der Waals surface area contributed by atoms with Gasteiger partial charge in [-0.3, -0.25) is 4.79 Å². The molecule has 0 radical (unpaired) electrons. The van der Waals surface area contributed by atoms with Gasteiger partial charge in [0.15, 0.2) is 5.60 Å². The van der Waals surface area contributed by atoms with Crippen LogP contribution in [0.4, 0.5) is 0 Å². The number of rotatable bonds is 4. The lowest BCUT2D eigenvalue weighted by atomic mass is 9.64. The number of hydrogen-bond acceptors (Lipinski definition) is 4. The van der Waals surface area contributed by atoms with Gasteiger partial charge >= 0.3 is 5.97 Å². The van der Waals surface area contributed by atoms with E-state index in [4.69, 9.17) is 4.74 Å². The largest absolute Gasteiger partial charge is 0.453 e. The van der Waals surface area contributed by atoms with E-state index in [1.165, 1.54) is 0 Å². The van der Waals surface area contributed by atoms with E-state index in [0.29, 0.717) is 6.42 Å². The molecule has 3 rings (SSSR count). The zero-order valence-corrected chi connectivity index (χ0v) is 12.6. The molecule has 2 aliphatic heterocycles. The minimum Gasteiger partial charge on any atom is -0.453 e. The molecule has 6 heteroatoms. The van der Waals surface area contributed by atoms with Crippen LogP contribution in [0.3, 0.4) is 0 Å². The quantitative estimate of drug-likeness (QED) is 0.432. The highest BCUT2D eigenvalue weighted by atomic mass is 16.6. The Morgan fingerprint density at radius 1 is 1.57 bits per heavy atom. The maximum absolute atomic E-state index is 12.3. The third-order valence-corrected chi connectivity index (χ3v) is 5.43. The fraction of sp³-hybridized carbons (Fsp3) is 0.733. The van der Waals surface area contributed by atoms with Crippen molar-refractivity contribution in [2.24, 2.45) is 11.8 Å². The Labute approximate surface area is 125 Å². The number of aliphatic hydroxyl groups is 1. The fourth-order valence-corrected chi connectivity index (χ4v) is 4.17. The molecular weight excluding hydrogens is 269 g/mol. The molecule has 21 heavy (non-hydrogen) atoms. The van der Waals surface area contributed by atoms with Crippen LogP contribution in [-0.2, 0) is 14.3 Å². The molecule has 1 amide bonds. The number of esters is 1. The minimum absolute atomic E-state index is 0.105. The summed E-state index contributed by atoms with van der Waals surface area (Å²) in [6.45, 7) is 1.78. The molecule has 114 valence electrons. The van der Waals surface area contributed by atoms with E-state index in [0.717, 1.165) is 25.6 Å². The molecule has 1 aliphatic carbocycles. The molecule has 0 bridgehead atoms. The lowest BCUT2D eigenvalue weighted by molar-refractivity contribution is -0.238. The van der Waals surface area contributed by atoms with Crippen molar-refractivity contribution in [3.8, 4) is 0 Å². The first-order chi connectivity index (χ1) is 9.97. The first-order valence-corrected chi connectivity index (χ1v) is 7.87. The van der Waals surface area contributed by atoms with Gasteiger partial charge in [0.05, 0.1) is 12.0 Å². The van der Waals surface area contributed by atoms with Gasteiger partial charge in [-0.2, -0.15) is 0 Å².